The van der Waals surface area contributed by atoms with E-state index >= 15 is 0 Å². The fourth-order valence-electron chi connectivity index (χ4n) is 4.03. The zero-order valence-electron chi connectivity index (χ0n) is 19.3. The summed E-state index contributed by atoms with van der Waals surface area (Å²) in [5.41, 5.74) is 2.79. The molecule has 0 fully saturated rings. The Morgan fingerprint density at radius 1 is 1.06 bits per heavy atom. The van der Waals surface area contributed by atoms with Gasteiger partial charge in [-0.25, -0.2) is 4.98 Å². The fourth-order valence-corrected chi connectivity index (χ4v) is 4.03. The summed E-state index contributed by atoms with van der Waals surface area (Å²) >= 11 is 0. The van der Waals surface area contributed by atoms with Gasteiger partial charge in [0.05, 0.1) is 29.7 Å². The first-order chi connectivity index (χ1) is 15.9. The Labute approximate surface area is 193 Å². The van der Waals surface area contributed by atoms with Gasteiger partial charge >= 0.3 is 0 Å². The van der Waals surface area contributed by atoms with Crippen molar-refractivity contribution in [2.24, 2.45) is 0 Å². The minimum atomic E-state index is -0.452. The van der Waals surface area contributed by atoms with Crippen molar-refractivity contribution in [1.82, 2.24) is 14.5 Å². The average molecular weight is 442 g/mol. The second-order valence-corrected chi connectivity index (χ2v) is 7.96. The Bertz CT molecular complexity index is 1360. The van der Waals surface area contributed by atoms with Crippen molar-refractivity contribution in [2.45, 2.75) is 26.8 Å². The number of benzene rings is 3. The van der Waals surface area contributed by atoms with Crippen molar-refractivity contribution in [2.75, 3.05) is 13.7 Å². The molecule has 0 radical (unpaired) electrons. The van der Waals surface area contributed by atoms with Crippen molar-refractivity contribution in [3.63, 3.8) is 0 Å². The Kier molecular flexibility index (Phi) is 6.27. The predicted molar refractivity (Wildman–Crippen MR) is 130 cm³/mol. The lowest BCUT2D eigenvalue weighted by Crippen LogP contribution is -2.37. The number of carbonyl (C=O) groups excluding carboxylic acids is 1. The minimum absolute atomic E-state index is 0.151. The SMILES string of the molecule is CCN(C(=O)c1cccc(OC)c1)C(C)c1nc2ccccc2c(=O)n1-c1ccc(C)cc1. The molecule has 1 atom stereocenters. The predicted octanol–water partition coefficient (Wildman–Crippen LogP) is 4.93. The molecule has 0 aliphatic heterocycles. The van der Waals surface area contributed by atoms with Crippen molar-refractivity contribution in [3.05, 3.63) is 100 Å². The van der Waals surface area contributed by atoms with Crippen LogP contribution in [-0.2, 0) is 0 Å². The molecule has 1 aromatic heterocycles. The van der Waals surface area contributed by atoms with Gasteiger partial charge in [0.2, 0.25) is 0 Å². The summed E-state index contributed by atoms with van der Waals surface area (Å²) in [7, 11) is 1.57. The van der Waals surface area contributed by atoms with Crippen LogP contribution in [0.2, 0.25) is 0 Å². The van der Waals surface area contributed by atoms with Gasteiger partial charge in [-0.3, -0.25) is 14.2 Å². The molecule has 0 bridgehead atoms. The summed E-state index contributed by atoms with van der Waals surface area (Å²) < 4.78 is 6.90. The summed E-state index contributed by atoms with van der Waals surface area (Å²) in [6, 6.07) is 21.7. The smallest absolute Gasteiger partial charge is 0.266 e. The number of fused-ring (bicyclic) bond motifs is 1. The van der Waals surface area contributed by atoms with Crippen LogP contribution >= 0.6 is 0 Å². The van der Waals surface area contributed by atoms with Crippen molar-refractivity contribution in [3.8, 4) is 11.4 Å². The molecule has 6 nitrogen and oxygen atoms in total. The van der Waals surface area contributed by atoms with Crippen LogP contribution in [0, 0.1) is 6.92 Å². The molecule has 0 aliphatic rings. The first-order valence-electron chi connectivity index (χ1n) is 11.0. The van der Waals surface area contributed by atoms with E-state index in [0.29, 0.717) is 34.6 Å². The highest BCUT2D eigenvalue weighted by molar-refractivity contribution is 5.95. The number of carbonyl (C=O) groups is 1. The molecule has 0 saturated carbocycles. The quantitative estimate of drug-likeness (QED) is 0.426. The Morgan fingerprint density at radius 2 is 1.79 bits per heavy atom. The van der Waals surface area contributed by atoms with Crippen molar-refractivity contribution in [1.29, 1.82) is 0 Å². The fraction of sp³-hybridized carbons (Fsp3) is 0.222. The summed E-state index contributed by atoms with van der Waals surface area (Å²) in [5, 5.41) is 0.538. The molecule has 1 amide bonds. The zero-order valence-corrected chi connectivity index (χ0v) is 19.3. The maximum atomic E-state index is 13.6. The van der Waals surface area contributed by atoms with E-state index in [4.69, 9.17) is 9.72 Å². The van der Waals surface area contributed by atoms with Crippen LogP contribution in [0.25, 0.3) is 16.6 Å². The average Bonchev–Trinajstić information content (AvgIpc) is 2.85. The van der Waals surface area contributed by atoms with Crippen LogP contribution in [0.3, 0.4) is 0 Å². The van der Waals surface area contributed by atoms with Crippen LogP contribution in [0.4, 0.5) is 0 Å². The number of rotatable bonds is 6. The summed E-state index contributed by atoms with van der Waals surface area (Å²) in [5.74, 6) is 0.979. The van der Waals surface area contributed by atoms with E-state index in [1.54, 1.807) is 46.9 Å². The molecule has 4 aromatic rings. The number of aryl methyl sites for hydroxylation is 1. The van der Waals surface area contributed by atoms with E-state index in [2.05, 4.69) is 0 Å². The first kappa shape index (κ1) is 22.3. The van der Waals surface area contributed by atoms with Crippen LogP contribution in [0.5, 0.6) is 5.75 Å². The van der Waals surface area contributed by atoms with Crippen molar-refractivity contribution < 1.29 is 9.53 Å². The molecule has 1 heterocycles. The number of nitrogens with zero attached hydrogens (tertiary/aromatic N) is 3. The molecular weight excluding hydrogens is 414 g/mol. The van der Waals surface area contributed by atoms with Crippen LogP contribution in [0.15, 0.2) is 77.6 Å². The second kappa shape index (κ2) is 9.28. The summed E-state index contributed by atoms with van der Waals surface area (Å²) in [4.78, 5) is 33.6. The molecule has 33 heavy (non-hydrogen) atoms. The Morgan fingerprint density at radius 3 is 2.48 bits per heavy atom. The van der Waals surface area contributed by atoms with Gasteiger partial charge < -0.3 is 9.64 Å². The van der Waals surface area contributed by atoms with Gasteiger partial charge in [-0.1, -0.05) is 35.9 Å². The van der Waals surface area contributed by atoms with Gasteiger partial charge in [-0.05, 0) is 63.2 Å². The third-order valence-electron chi connectivity index (χ3n) is 5.85. The maximum Gasteiger partial charge on any atom is 0.266 e. The zero-order chi connectivity index (χ0) is 23.5. The van der Waals surface area contributed by atoms with Crippen molar-refractivity contribution >= 4 is 16.8 Å². The third kappa shape index (κ3) is 4.24. The molecular formula is C27H27N3O3. The maximum absolute atomic E-state index is 13.6. The molecule has 4 rings (SSSR count). The second-order valence-electron chi connectivity index (χ2n) is 7.96. The number of hydrogen-bond donors (Lipinski definition) is 0. The normalized spacial score (nSPS) is 11.9. The topological polar surface area (TPSA) is 64.4 Å². The number of methoxy groups -OCH3 is 1. The lowest BCUT2D eigenvalue weighted by molar-refractivity contribution is 0.0693. The van der Waals surface area contributed by atoms with Crippen LogP contribution < -0.4 is 10.3 Å². The molecule has 1 unspecified atom stereocenters. The number of para-hydroxylation sites is 1. The van der Waals surface area contributed by atoms with E-state index in [1.807, 2.05) is 63.2 Å². The highest BCUT2D eigenvalue weighted by Gasteiger charge is 2.26. The van der Waals surface area contributed by atoms with Crippen LogP contribution in [-0.4, -0.2) is 34.0 Å². The standard InChI is InChI=1S/C27H27N3O3/c1-5-29(26(31)20-9-8-10-22(17-20)33-4)19(3)25-28-24-12-7-6-11-23(24)27(32)30(25)21-15-13-18(2)14-16-21/h6-17,19H,5H2,1-4H3. The molecule has 3 aromatic carbocycles. The number of ether oxygens (including phenoxy) is 1. The summed E-state index contributed by atoms with van der Waals surface area (Å²) in [6.45, 7) is 6.28. The Hall–Kier alpha value is -3.93. The third-order valence-corrected chi connectivity index (χ3v) is 5.85. The van der Waals surface area contributed by atoms with Gasteiger partial charge in [-0.15, -0.1) is 0 Å². The monoisotopic (exact) mass is 441 g/mol. The number of aromatic nitrogens is 2. The highest BCUT2D eigenvalue weighted by atomic mass is 16.5. The van der Waals surface area contributed by atoms with Gasteiger partial charge in [0, 0.05) is 12.1 Å². The number of amides is 1. The highest BCUT2D eigenvalue weighted by Crippen LogP contribution is 2.25. The largest absolute Gasteiger partial charge is 0.497 e. The molecule has 0 N–H and O–H groups in total. The molecule has 0 saturated heterocycles. The van der Waals surface area contributed by atoms with Gasteiger partial charge in [0.25, 0.3) is 11.5 Å². The molecule has 0 spiro atoms. The van der Waals surface area contributed by atoms with E-state index in [9.17, 15) is 9.59 Å². The first-order valence-corrected chi connectivity index (χ1v) is 11.0. The molecule has 168 valence electrons. The molecule has 0 aliphatic carbocycles. The Balaban J connectivity index is 1.87. The lowest BCUT2D eigenvalue weighted by atomic mass is 10.1. The lowest BCUT2D eigenvalue weighted by Gasteiger charge is -2.29. The van der Waals surface area contributed by atoms with E-state index < -0.39 is 6.04 Å². The van der Waals surface area contributed by atoms with Gasteiger partial charge in [0.15, 0.2) is 0 Å². The van der Waals surface area contributed by atoms with E-state index in [-0.39, 0.29) is 11.5 Å². The van der Waals surface area contributed by atoms with Crippen LogP contribution in [0.1, 0.15) is 41.6 Å². The summed E-state index contributed by atoms with van der Waals surface area (Å²) in [6.07, 6.45) is 0. The van der Waals surface area contributed by atoms with Gasteiger partial charge in [0.1, 0.15) is 11.6 Å². The van der Waals surface area contributed by atoms with E-state index in [0.717, 1.165) is 11.3 Å². The van der Waals surface area contributed by atoms with Gasteiger partial charge in [-0.2, -0.15) is 0 Å². The minimum Gasteiger partial charge on any atom is -0.497 e. The molecule has 6 heteroatoms. The van der Waals surface area contributed by atoms with E-state index in [1.165, 1.54) is 0 Å². The number of hydrogen-bond acceptors (Lipinski definition) is 4.